The number of hydrogen-bond donors (Lipinski definition) is 8. The van der Waals surface area contributed by atoms with E-state index in [9.17, 15) is 48.3 Å². The summed E-state index contributed by atoms with van der Waals surface area (Å²) in [6, 6.07) is 6.75. The van der Waals surface area contributed by atoms with Crippen LogP contribution in [0.25, 0.3) is 44.6 Å². The number of rotatable bonds is 32. The van der Waals surface area contributed by atoms with E-state index in [4.69, 9.17) is 79.9 Å². The SMILES string of the molecule is C=C[C@@H]1C[C@]1(NC(=O)[C@@H]1C[C@H](Oc2cc(-c3coc(NC(C)C)n3)nc3c(Cl)c(OCCN4CCN(C(=O)OC(C)(C)C)CC4)ccc23)CN1C(=O)[C@@H](NC(=O)OC1C[C@@H]2C[C@@H]2C1)C(C)(C)C)C(=O)OC.C=C[C@@H]1C[C@]1(NC(=O)[C@@H]1C[C@H](Oc2cc(-c3coc(NC(C)C)n3)nc3c(Cl)c(OCCN4CCNCC4)ccc23)CN1C(=O)[C@@H](NC(=O)OC1C[C@@H]2C[C@@H]2C1)C(C)(C)C)C(=O)O. The number of amides is 7. The van der Waals surface area contributed by atoms with Crippen molar-refractivity contribution in [3.8, 4) is 45.8 Å². The summed E-state index contributed by atoms with van der Waals surface area (Å²) in [7, 11) is 1.26. The Morgan fingerprint density at radius 2 is 0.970 bits per heavy atom. The van der Waals surface area contributed by atoms with Crippen LogP contribution in [0, 0.1) is 46.3 Å². The summed E-state index contributed by atoms with van der Waals surface area (Å²) in [5.41, 5.74) is -2.77. The molecule has 4 aliphatic heterocycles. The van der Waals surface area contributed by atoms with Gasteiger partial charge in [-0.1, -0.05) is 76.9 Å². The number of carboxylic acids is 1. The van der Waals surface area contributed by atoms with E-state index in [2.05, 4.69) is 70.1 Å². The first-order valence-corrected chi connectivity index (χ1v) is 47.5. The third kappa shape index (κ3) is 22.6. The fraction of sp³-hybridized carbons (Fsp3) is 0.615. The Labute approximate surface area is 790 Å². The van der Waals surface area contributed by atoms with Crippen molar-refractivity contribution in [1.82, 2.24) is 71.0 Å². The smallest absolute Gasteiger partial charge is 0.410 e. The Hall–Kier alpha value is -11.0. The minimum absolute atomic E-state index is 0.00466. The van der Waals surface area contributed by atoms with Gasteiger partial charge >= 0.3 is 30.2 Å². The maximum atomic E-state index is 14.9. The van der Waals surface area contributed by atoms with Crippen molar-refractivity contribution in [2.45, 2.75) is 232 Å². The third-order valence-electron chi connectivity index (χ3n) is 26.8. The van der Waals surface area contributed by atoms with Gasteiger partial charge in [0.05, 0.1) is 42.6 Å². The highest BCUT2D eigenvalue weighted by Crippen LogP contribution is 2.54. The maximum Gasteiger partial charge on any atom is 0.410 e. The summed E-state index contributed by atoms with van der Waals surface area (Å²) in [5, 5.41) is 32.7. The molecule has 16 rings (SSSR count). The quantitative estimate of drug-likeness (QED) is 0.0110. The molecule has 134 heavy (non-hydrogen) atoms. The van der Waals surface area contributed by atoms with Crippen LogP contribution in [0.2, 0.25) is 10.0 Å². The molecule has 0 bridgehead atoms. The van der Waals surface area contributed by atoms with Crippen LogP contribution in [-0.2, 0) is 47.7 Å². The molecule has 726 valence electrons. The van der Waals surface area contributed by atoms with Gasteiger partial charge in [0.1, 0.15) is 135 Å². The second-order valence-corrected chi connectivity index (χ2v) is 41.8. The molecule has 2 unspecified atom stereocenters. The van der Waals surface area contributed by atoms with Crippen LogP contribution in [0.1, 0.15) is 154 Å². The van der Waals surface area contributed by atoms with E-state index in [1.807, 2.05) is 96.1 Å². The van der Waals surface area contributed by atoms with Gasteiger partial charge in [0.15, 0.2) is 0 Å². The summed E-state index contributed by atoms with van der Waals surface area (Å²) in [6.45, 7) is 39.9. The van der Waals surface area contributed by atoms with Gasteiger partial charge in [0.2, 0.25) is 23.6 Å². The second kappa shape index (κ2) is 39.8. The normalized spacial score (nSPS) is 26.2. The molecule has 36 nitrogen and oxygen atoms in total. The Balaban J connectivity index is 0.000000206. The number of pyridine rings is 2. The highest BCUT2D eigenvalue weighted by atomic mass is 35.5. The van der Waals surface area contributed by atoms with Crippen molar-refractivity contribution in [3.05, 3.63) is 84.3 Å². The number of carbonyl (C=O) groups is 9. The number of carbonyl (C=O) groups excluding carboxylic acids is 8. The Kier molecular flexibility index (Phi) is 29.0. The average molecular weight is 1900 g/mol. The van der Waals surface area contributed by atoms with Crippen LogP contribution in [0.4, 0.5) is 26.4 Å². The van der Waals surface area contributed by atoms with Crippen LogP contribution >= 0.6 is 23.2 Å². The van der Waals surface area contributed by atoms with E-state index in [0.29, 0.717) is 143 Å². The molecule has 10 aliphatic rings. The van der Waals surface area contributed by atoms with Crippen LogP contribution in [0.15, 0.2) is 83.1 Å². The monoisotopic (exact) mass is 1890 g/mol. The van der Waals surface area contributed by atoms with Gasteiger partial charge in [0.25, 0.3) is 12.0 Å². The molecular weight excluding hydrogens is 1770 g/mol. The van der Waals surface area contributed by atoms with Gasteiger partial charge in [0, 0.05) is 125 Å². The number of anilines is 2. The van der Waals surface area contributed by atoms with Gasteiger partial charge in [-0.3, -0.25) is 29.0 Å². The number of aromatic nitrogens is 4. The molecule has 8 N–H and O–H groups in total. The molecule has 2 aromatic carbocycles. The first-order valence-electron chi connectivity index (χ1n) is 46.8. The summed E-state index contributed by atoms with van der Waals surface area (Å²) < 4.78 is 59.8. The number of fused-ring (bicyclic) bond motifs is 4. The number of oxazole rings is 2. The van der Waals surface area contributed by atoms with Gasteiger partial charge in [-0.15, -0.1) is 13.2 Å². The molecule has 38 heteroatoms. The number of likely N-dealkylation sites (tertiary alicyclic amines) is 2. The van der Waals surface area contributed by atoms with Crippen LogP contribution < -0.4 is 56.2 Å². The standard InChI is InChI=1S/C51H69ClN8O11.C45H59ClN8O9/c1-11-31-25-51(31,45(63)66-10)57-43(61)37-23-33(26-60(37)44(62)42(49(4,5)6)56-47(64)70-32-21-29-20-30(29)22-32)69-39-24-35(36-27-68-46(55-36)53-28(2)3)54-41-34(39)12-13-38(40(41)52)67-19-18-58-14-16-59(17-15-58)48(65)71-50(7,8)9;1-7-27-21-45(27,41(57)58)52-39(55)33-19-29(22-54(33)40(56)38(44(4,5)6)51-43(59)63-28-17-25-16-26(25)18-28)62-35-20-31(32-23-61-42(50-32)48-24(2)3)49-37-30(35)8-9-34(36(37)46)60-15-14-53-12-10-47-11-13-53/h11-13,24,27-33,37,42H,1,14-23,25-26H2,2-10H3,(H,53,55)(H,56,64)(H,57,61);7-9,20,23-29,33,38,47H,1,10-19,21-22H2,2-6H3,(H,48,50)(H,51,59)(H,52,55)(H,57,58)/t29-,30+,31-,32?,33+,37+,42-,51-;25-,26+,27-,28?,29+,33+,38-,45-/m11/s1. The summed E-state index contributed by atoms with van der Waals surface area (Å²) in [5.74, 6) is -1.06. The molecule has 0 radical (unpaired) electrons. The highest BCUT2D eigenvalue weighted by Gasteiger charge is 2.64. The first kappa shape index (κ1) is 97.6. The number of carboxylic acid groups (broad SMARTS) is 1. The average Bonchev–Trinajstić information content (AvgIpc) is 1.57. The predicted octanol–water partition coefficient (Wildman–Crippen LogP) is 11.9. The molecular formula is C96H128Cl2N16O20. The summed E-state index contributed by atoms with van der Waals surface area (Å²) >= 11 is 14.3. The van der Waals surface area contributed by atoms with Crippen LogP contribution in [0.5, 0.6) is 23.0 Å². The number of alkyl carbamates (subject to hydrolysis) is 2. The van der Waals surface area contributed by atoms with E-state index < -0.39 is 118 Å². The van der Waals surface area contributed by atoms with E-state index in [0.717, 1.165) is 71.2 Å². The molecule has 8 heterocycles. The zero-order valence-electron chi connectivity index (χ0n) is 78.9. The van der Waals surface area contributed by atoms with Crippen molar-refractivity contribution in [2.75, 3.05) is 109 Å². The van der Waals surface area contributed by atoms with Crippen LogP contribution in [-0.4, -0.2) is 280 Å². The number of ether oxygens (including phenoxy) is 8. The van der Waals surface area contributed by atoms with E-state index in [-0.39, 0.29) is 91.1 Å². The van der Waals surface area contributed by atoms with Crippen molar-refractivity contribution < 1.29 is 95.0 Å². The molecule has 6 aliphatic carbocycles. The molecule has 4 aromatic heterocycles. The van der Waals surface area contributed by atoms with Crippen LogP contribution in [0.3, 0.4) is 0 Å². The largest absolute Gasteiger partial charge is 0.491 e. The number of halogens is 2. The van der Waals surface area contributed by atoms with Crippen molar-refractivity contribution >= 4 is 111 Å². The lowest BCUT2D eigenvalue weighted by Crippen LogP contribution is -2.59. The Morgan fingerprint density at radius 3 is 1.36 bits per heavy atom. The van der Waals surface area contributed by atoms with E-state index in [1.54, 1.807) is 41.3 Å². The number of nitrogens with one attached hydrogen (secondary N) is 7. The van der Waals surface area contributed by atoms with Crippen molar-refractivity contribution in [3.63, 3.8) is 0 Å². The lowest BCUT2D eigenvalue weighted by molar-refractivity contribution is -0.148. The number of methoxy groups -OCH3 is 1. The number of benzene rings is 2. The Bertz CT molecular complexity index is 5390. The minimum atomic E-state index is -1.54. The number of hydrogen-bond acceptors (Lipinski definition) is 28. The second-order valence-electron chi connectivity index (χ2n) is 41.0. The number of esters is 1. The fourth-order valence-corrected chi connectivity index (χ4v) is 19.7. The molecule has 6 saturated carbocycles. The van der Waals surface area contributed by atoms with Gasteiger partial charge < -0.3 is 104 Å². The van der Waals surface area contributed by atoms with Crippen molar-refractivity contribution in [1.29, 1.82) is 0 Å². The number of piperazine rings is 2. The third-order valence-corrected chi connectivity index (χ3v) is 27.5. The fourth-order valence-electron chi connectivity index (χ4n) is 19.2. The first-order chi connectivity index (χ1) is 63.6. The Morgan fingerprint density at radius 1 is 0.552 bits per heavy atom. The van der Waals surface area contributed by atoms with Gasteiger partial charge in [-0.25, -0.2) is 33.9 Å². The summed E-state index contributed by atoms with van der Waals surface area (Å²) in [6.07, 6.45) is 8.41. The molecule has 7 amide bonds. The van der Waals surface area contributed by atoms with Crippen molar-refractivity contribution in [2.24, 2.45) is 46.3 Å². The summed E-state index contributed by atoms with van der Waals surface area (Å²) in [4.78, 5) is 152. The molecule has 6 aromatic rings. The minimum Gasteiger partial charge on any atom is -0.491 e. The zero-order valence-corrected chi connectivity index (χ0v) is 80.4. The van der Waals surface area contributed by atoms with Gasteiger partial charge in [-0.2, -0.15) is 9.97 Å². The van der Waals surface area contributed by atoms with Gasteiger partial charge in [-0.05, 0) is 159 Å². The maximum absolute atomic E-state index is 14.9. The number of aliphatic carboxylic acids is 1. The lowest BCUT2D eigenvalue weighted by atomic mass is 9.85. The predicted molar refractivity (Wildman–Crippen MR) is 499 cm³/mol. The molecule has 4 saturated heterocycles. The van der Waals surface area contributed by atoms with E-state index >= 15 is 0 Å². The molecule has 16 atom stereocenters. The zero-order chi connectivity index (χ0) is 95.9. The number of nitrogens with zero attached hydrogens (tertiary/aromatic N) is 9. The molecule has 10 fully saturated rings. The molecule has 0 spiro atoms. The topological polar surface area (TPSA) is 426 Å². The highest BCUT2D eigenvalue weighted by molar-refractivity contribution is 6.37. The van der Waals surface area contributed by atoms with E-state index in [1.165, 1.54) is 35.5 Å². The lowest BCUT2D eigenvalue weighted by Gasteiger charge is -2.35.